The molecule has 3 N–H and O–H groups in total. The number of halogens is 3. The zero-order valence-corrected chi connectivity index (χ0v) is 7.67. The molecule has 1 aromatic rings. The van der Waals surface area contributed by atoms with Gasteiger partial charge in [-0.1, -0.05) is 0 Å². The van der Waals surface area contributed by atoms with E-state index in [2.05, 4.69) is 15.3 Å². The van der Waals surface area contributed by atoms with Crippen LogP contribution in [0.25, 0.3) is 0 Å². The van der Waals surface area contributed by atoms with Crippen molar-refractivity contribution in [2.75, 3.05) is 11.1 Å². The molecule has 7 heteroatoms. The highest BCUT2D eigenvalue weighted by molar-refractivity contribution is 5.47. The normalized spacial score (nSPS) is 18.6. The molecule has 0 spiro atoms. The first-order chi connectivity index (χ1) is 6.93. The molecule has 1 saturated carbocycles. The molecule has 1 fully saturated rings. The maximum absolute atomic E-state index is 12.5. The van der Waals surface area contributed by atoms with Gasteiger partial charge in [-0.2, -0.15) is 13.2 Å². The van der Waals surface area contributed by atoms with E-state index in [1.165, 1.54) is 6.07 Å². The van der Waals surface area contributed by atoms with Crippen LogP contribution in [-0.2, 0) is 0 Å². The van der Waals surface area contributed by atoms with Crippen molar-refractivity contribution in [2.45, 2.75) is 24.6 Å². The van der Waals surface area contributed by atoms with Crippen LogP contribution in [0.15, 0.2) is 12.4 Å². The average molecular weight is 218 g/mol. The lowest BCUT2D eigenvalue weighted by molar-refractivity contribution is -0.151. The van der Waals surface area contributed by atoms with Crippen molar-refractivity contribution >= 4 is 11.6 Å². The number of nitrogens with one attached hydrogen (secondary N) is 1. The minimum atomic E-state index is -4.26. The summed E-state index contributed by atoms with van der Waals surface area (Å²) in [5.41, 5.74) is 3.52. The van der Waals surface area contributed by atoms with Crippen molar-refractivity contribution in [2.24, 2.45) is 0 Å². The van der Waals surface area contributed by atoms with Crippen molar-refractivity contribution in [3.8, 4) is 0 Å². The molecule has 1 aliphatic carbocycles. The molecule has 82 valence electrons. The van der Waals surface area contributed by atoms with E-state index in [-0.39, 0.29) is 24.5 Å². The van der Waals surface area contributed by atoms with Gasteiger partial charge >= 0.3 is 6.18 Å². The Balaban J connectivity index is 2.16. The highest BCUT2D eigenvalue weighted by Crippen LogP contribution is 2.50. The van der Waals surface area contributed by atoms with Crippen molar-refractivity contribution in [1.82, 2.24) is 9.97 Å². The number of aromatic nitrogens is 2. The van der Waals surface area contributed by atoms with Gasteiger partial charge in [-0.25, -0.2) is 9.97 Å². The predicted molar refractivity (Wildman–Crippen MR) is 48.1 cm³/mol. The van der Waals surface area contributed by atoms with Gasteiger partial charge < -0.3 is 11.1 Å². The summed E-state index contributed by atoms with van der Waals surface area (Å²) in [7, 11) is 0. The van der Waals surface area contributed by atoms with E-state index in [4.69, 9.17) is 5.73 Å². The van der Waals surface area contributed by atoms with Crippen molar-refractivity contribution in [3.63, 3.8) is 0 Å². The summed E-state index contributed by atoms with van der Waals surface area (Å²) in [5, 5.41) is 2.35. The standard InChI is InChI=1S/C8H9F3N4/c9-8(10,11)7(1-2-7)15-6-3-5(12)13-4-14-6/h3-4H,1-2H2,(H3,12,13,14,15). The second-order valence-corrected chi connectivity index (χ2v) is 3.53. The second kappa shape index (κ2) is 2.98. The Hall–Kier alpha value is -1.53. The Morgan fingerprint density at radius 1 is 1.33 bits per heavy atom. The smallest absolute Gasteiger partial charge is 0.384 e. The third kappa shape index (κ3) is 1.81. The van der Waals surface area contributed by atoms with Gasteiger partial charge in [0.1, 0.15) is 23.5 Å². The lowest BCUT2D eigenvalue weighted by atomic mass is 10.2. The third-order valence-electron chi connectivity index (χ3n) is 2.35. The minimum absolute atomic E-state index is 0.0698. The van der Waals surface area contributed by atoms with Crippen molar-refractivity contribution in [3.05, 3.63) is 12.4 Å². The molecule has 0 bridgehead atoms. The molecule has 1 heterocycles. The van der Waals surface area contributed by atoms with E-state index in [1.54, 1.807) is 0 Å². The number of rotatable bonds is 2. The van der Waals surface area contributed by atoms with Crippen LogP contribution in [0.4, 0.5) is 24.8 Å². The van der Waals surface area contributed by atoms with Gasteiger partial charge in [0, 0.05) is 6.07 Å². The molecule has 0 unspecified atom stereocenters. The summed E-state index contributed by atoms with van der Waals surface area (Å²) >= 11 is 0. The molecule has 0 aliphatic heterocycles. The molecule has 0 aromatic carbocycles. The van der Waals surface area contributed by atoms with E-state index < -0.39 is 11.7 Å². The summed E-state index contributed by atoms with van der Waals surface area (Å²) in [5.74, 6) is 0.253. The van der Waals surface area contributed by atoms with Gasteiger partial charge in [0.25, 0.3) is 0 Å². The van der Waals surface area contributed by atoms with Gasteiger partial charge in [0.2, 0.25) is 0 Å². The zero-order valence-electron chi connectivity index (χ0n) is 7.67. The van der Waals surface area contributed by atoms with Gasteiger partial charge in [-0.05, 0) is 12.8 Å². The first-order valence-electron chi connectivity index (χ1n) is 4.35. The highest BCUT2D eigenvalue weighted by atomic mass is 19.4. The molecule has 2 rings (SSSR count). The maximum Gasteiger partial charge on any atom is 0.411 e. The number of nitrogen functional groups attached to an aromatic ring is 1. The first-order valence-corrected chi connectivity index (χ1v) is 4.35. The van der Waals surface area contributed by atoms with E-state index in [9.17, 15) is 13.2 Å². The molecule has 1 aromatic heterocycles. The number of nitrogens with zero attached hydrogens (tertiary/aromatic N) is 2. The van der Waals surface area contributed by atoms with Gasteiger partial charge in [-0.15, -0.1) is 0 Å². The van der Waals surface area contributed by atoms with Crippen LogP contribution in [0.1, 0.15) is 12.8 Å². The Kier molecular flexibility index (Phi) is 1.99. The number of nitrogens with two attached hydrogens (primary N) is 1. The molecule has 15 heavy (non-hydrogen) atoms. The summed E-state index contributed by atoms with van der Waals surface area (Å²) in [4.78, 5) is 7.27. The molecular formula is C8H9F3N4. The number of anilines is 2. The average Bonchev–Trinajstić information content (AvgIpc) is 2.84. The Morgan fingerprint density at radius 3 is 2.47 bits per heavy atom. The van der Waals surface area contributed by atoms with E-state index in [1.807, 2.05) is 0 Å². The molecule has 1 aliphatic rings. The SMILES string of the molecule is Nc1cc(NC2(C(F)(F)F)CC2)ncn1. The summed E-state index contributed by atoms with van der Waals surface area (Å²) < 4.78 is 37.6. The van der Waals surface area contributed by atoms with Gasteiger partial charge in [0.05, 0.1) is 0 Å². The van der Waals surface area contributed by atoms with Crippen LogP contribution in [0, 0.1) is 0 Å². The summed E-state index contributed by atoms with van der Waals surface area (Å²) in [6, 6.07) is 1.28. The Bertz CT molecular complexity index is 372. The number of alkyl halides is 3. The van der Waals surface area contributed by atoms with Crippen LogP contribution >= 0.6 is 0 Å². The minimum Gasteiger partial charge on any atom is -0.384 e. The first kappa shape index (κ1) is 10.0. The predicted octanol–water partition coefficient (Wildman–Crippen LogP) is 1.57. The number of hydrogen-bond acceptors (Lipinski definition) is 4. The zero-order chi connectivity index (χ0) is 11.1. The fraction of sp³-hybridized carbons (Fsp3) is 0.500. The quantitative estimate of drug-likeness (QED) is 0.790. The fourth-order valence-electron chi connectivity index (χ4n) is 1.29. The van der Waals surface area contributed by atoms with Crippen molar-refractivity contribution in [1.29, 1.82) is 0 Å². The lowest BCUT2D eigenvalue weighted by Crippen LogP contribution is -2.38. The van der Waals surface area contributed by atoms with Crippen LogP contribution in [0.2, 0.25) is 0 Å². The van der Waals surface area contributed by atoms with Crippen LogP contribution < -0.4 is 11.1 Å². The molecule has 0 amide bonds. The summed E-state index contributed by atoms with van der Waals surface area (Å²) in [6.07, 6.45) is -2.99. The Morgan fingerprint density at radius 2 is 2.00 bits per heavy atom. The molecule has 0 radical (unpaired) electrons. The van der Waals surface area contributed by atoms with E-state index in [0.717, 1.165) is 6.33 Å². The molecule has 4 nitrogen and oxygen atoms in total. The topological polar surface area (TPSA) is 63.8 Å². The van der Waals surface area contributed by atoms with Crippen molar-refractivity contribution < 1.29 is 13.2 Å². The monoisotopic (exact) mass is 218 g/mol. The summed E-state index contributed by atoms with van der Waals surface area (Å²) in [6.45, 7) is 0. The number of hydrogen-bond donors (Lipinski definition) is 2. The second-order valence-electron chi connectivity index (χ2n) is 3.53. The van der Waals surface area contributed by atoms with Crippen LogP contribution in [0.3, 0.4) is 0 Å². The fourth-order valence-corrected chi connectivity index (χ4v) is 1.29. The van der Waals surface area contributed by atoms with E-state index in [0.29, 0.717) is 0 Å². The van der Waals surface area contributed by atoms with E-state index >= 15 is 0 Å². The molecular weight excluding hydrogens is 209 g/mol. The Labute approximate surface area is 83.7 Å². The molecule has 0 atom stereocenters. The largest absolute Gasteiger partial charge is 0.411 e. The van der Waals surface area contributed by atoms with Gasteiger partial charge in [-0.3, -0.25) is 0 Å². The lowest BCUT2D eigenvalue weighted by Gasteiger charge is -2.21. The van der Waals surface area contributed by atoms with Crippen LogP contribution in [0.5, 0.6) is 0 Å². The molecule has 0 saturated heterocycles. The highest BCUT2D eigenvalue weighted by Gasteiger charge is 2.63. The van der Waals surface area contributed by atoms with Gasteiger partial charge in [0.15, 0.2) is 0 Å². The van der Waals surface area contributed by atoms with Crippen LogP contribution in [-0.4, -0.2) is 21.7 Å². The third-order valence-corrected chi connectivity index (χ3v) is 2.35. The maximum atomic E-state index is 12.5.